The fourth-order valence-corrected chi connectivity index (χ4v) is 5.11. The topological polar surface area (TPSA) is 27.7 Å². The van der Waals surface area contributed by atoms with Gasteiger partial charge in [-0.1, -0.05) is 91.0 Å². The van der Waals surface area contributed by atoms with Crippen LogP contribution < -0.4 is 14.2 Å². The van der Waals surface area contributed by atoms with E-state index < -0.39 is 5.60 Å². The lowest BCUT2D eigenvalue weighted by Crippen LogP contribution is -2.34. The number of fused-ring (bicyclic) bond motifs is 3. The van der Waals surface area contributed by atoms with E-state index in [1.54, 1.807) is 14.2 Å². The van der Waals surface area contributed by atoms with Crippen molar-refractivity contribution in [2.45, 2.75) is 5.60 Å². The number of benzene rings is 5. The first-order valence-corrected chi connectivity index (χ1v) is 12.0. The molecule has 1 aliphatic heterocycles. The molecule has 0 saturated carbocycles. The Morgan fingerprint density at radius 2 is 1.14 bits per heavy atom. The monoisotopic (exact) mass is 470 g/mol. The van der Waals surface area contributed by atoms with Crippen molar-refractivity contribution in [3.63, 3.8) is 0 Å². The maximum Gasteiger partial charge on any atom is 0.178 e. The van der Waals surface area contributed by atoms with Gasteiger partial charge in [0.2, 0.25) is 0 Å². The molecule has 0 unspecified atom stereocenters. The lowest BCUT2D eigenvalue weighted by atomic mass is 9.82. The highest BCUT2D eigenvalue weighted by molar-refractivity contribution is 6.05. The van der Waals surface area contributed by atoms with Crippen LogP contribution in [0.3, 0.4) is 0 Å². The molecule has 6 rings (SSSR count). The minimum Gasteiger partial charge on any atom is -0.493 e. The van der Waals surface area contributed by atoms with Crippen LogP contribution in [0.2, 0.25) is 0 Å². The second-order valence-corrected chi connectivity index (χ2v) is 8.86. The summed E-state index contributed by atoms with van der Waals surface area (Å²) in [5.41, 5.74) is 4.62. The predicted molar refractivity (Wildman–Crippen MR) is 146 cm³/mol. The summed E-state index contributed by atoms with van der Waals surface area (Å²) in [6.45, 7) is 0. The largest absolute Gasteiger partial charge is 0.493 e. The summed E-state index contributed by atoms with van der Waals surface area (Å²) < 4.78 is 18.4. The Balaban J connectivity index is 1.65. The Kier molecular flexibility index (Phi) is 5.46. The number of hydrogen-bond acceptors (Lipinski definition) is 3. The van der Waals surface area contributed by atoms with E-state index in [4.69, 9.17) is 14.2 Å². The van der Waals surface area contributed by atoms with Crippen molar-refractivity contribution in [1.29, 1.82) is 0 Å². The fourth-order valence-electron chi connectivity index (χ4n) is 5.11. The number of methoxy groups -OCH3 is 2. The maximum absolute atomic E-state index is 7.03. The van der Waals surface area contributed by atoms with Crippen LogP contribution in [0.5, 0.6) is 17.2 Å². The molecular weight excluding hydrogens is 444 g/mol. The van der Waals surface area contributed by atoms with Gasteiger partial charge in [-0.05, 0) is 52.3 Å². The molecule has 0 aromatic heterocycles. The van der Waals surface area contributed by atoms with Crippen molar-refractivity contribution < 1.29 is 14.2 Å². The quantitative estimate of drug-likeness (QED) is 0.262. The first-order chi connectivity index (χ1) is 17.7. The molecule has 1 aliphatic rings. The number of rotatable bonds is 5. The molecule has 176 valence electrons. The Bertz CT molecular complexity index is 1520. The smallest absolute Gasteiger partial charge is 0.178 e. The molecule has 0 aliphatic carbocycles. The molecule has 0 saturated heterocycles. The van der Waals surface area contributed by atoms with E-state index in [-0.39, 0.29) is 0 Å². The second-order valence-electron chi connectivity index (χ2n) is 8.86. The number of ether oxygens (including phenoxy) is 3. The van der Waals surface area contributed by atoms with Gasteiger partial charge in [-0.3, -0.25) is 0 Å². The van der Waals surface area contributed by atoms with Crippen molar-refractivity contribution in [3.05, 3.63) is 132 Å². The molecular formula is C33H26O3. The van der Waals surface area contributed by atoms with Crippen LogP contribution in [0.15, 0.2) is 115 Å². The van der Waals surface area contributed by atoms with Crippen molar-refractivity contribution >= 4 is 16.8 Å². The summed E-state index contributed by atoms with van der Waals surface area (Å²) in [7, 11) is 3.33. The standard InChI is InChI=1S/C33H26O3/c1-34-31-21-28-26-18-19-33(24-14-8-4-9-15-24,25-16-10-5-11-17-25)36-30(26)20-27(23-12-6-3-7-13-23)29(28)22-32(31)35-2/h3-22H,1-2H3. The molecule has 3 nitrogen and oxygen atoms in total. The van der Waals surface area contributed by atoms with Crippen LogP contribution in [0, 0.1) is 0 Å². The van der Waals surface area contributed by atoms with E-state index in [9.17, 15) is 0 Å². The van der Waals surface area contributed by atoms with E-state index in [1.165, 1.54) is 0 Å². The molecule has 0 N–H and O–H groups in total. The van der Waals surface area contributed by atoms with Crippen LogP contribution in [-0.4, -0.2) is 14.2 Å². The molecule has 5 aromatic carbocycles. The van der Waals surface area contributed by atoms with E-state index in [0.29, 0.717) is 11.5 Å². The van der Waals surface area contributed by atoms with Gasteiger partial charge in [-0.25, -0.2) is 0 Å². The Hall–Kier alpha value is -4.50. The lowest BCUT2D eigenvalue weighted by Gasteiger charge is -2.36. The Morgan fingerprint density at radius 3 is 1.69 bits per heavy atom. The molecule has 0 radical (unpaired) electrons. The summed E-state index contributed by atoms with van der Waals surface area (Å²) in [5, 5.41) is 2.13. The summed E-state index contributed by atoms with van der Waals surface area (Å²) in [4.78, 5) is 0. The van der Waals surface area contributed by atoms with E-state index >= 15 is 0 Å². The van der Waals surface area contributed by atoms with Gasteiger partial charge in [-0.2, -0.15) is 0 Å². The van der Waals surface area contributed by atoms with Crippen molar-refractivity contribution in [3.8, 4) is 28.4 Å². The molecule has 0 amide bonds. The molecule has 0 atom stereocenters. The van der Waals surface area contributed by atoms with Crippen LogP contribution in [0.25, 0.3) is 28.0 Å². The minimum absolute atomic E-state index is 0.689. The zero-order chi connectivity index (χ0) is 24.5. The summed E-state index contributed by atoms with van der Waals surface area (Å²) >= 11 is 0. The van der Waals surface area contributed by atoms with Crippen LogP contribution in [0.1, 0.15) is 16.7 Å². The van der Waals surface area contributed by atoms with Crippen molar-refractivity contribution in [1.82, 2.24) is 0 Å². The van der Waals surface area contributed by atoms with Gasteiger partial charge in [0.25, 0.3) is 0 Å². The van der Waals surface area contributed by atoms with Gasteiger partial charge in [0.1, 0.15) is 5.75 Å². The lowest BCUT2D eigenvalue weighted by molar-refractivity contribution is 0.161. The first kappa shape index (κ1) is 22.0. The van der Waals surface area contributed by atoms with Gasteiger partial charge in [-0.15, -0.1) is 0 Å². The fraction of sp³-hybridized carbons (Fsp3) is 0.0909. The third kappa shape index (κ3) is 3.52. The summed E-state index contributed by atoms with van der Waals surface area (Å²) in [6, 6.07) is 37.4. The second kappa shape index (κ2) is 8.94. The van der Waals surface area contributed by atoms with E-state index in [0.717, 1.165) is 44.3 Å². The highest BCUT2D eigenvalue weighted by atomic mass is 16.5. The Labute approximate surface area is 211 Å². The third-order valence-corrected chi connectivity index (χ3v) is 6.89. The highest BCUT2D eigenvalue weighted by Crippen LogP contribution is 2.48. The van der Waals surface area contributed by atoms with Crippen LogP contribution in [-0.2, 0) is 5.60 Å². The van der Waals surface area contributed by atoms with Crippen molar-refractivity contribution in [2.24, 2.45) is 0 Å². The average Bonchev–Trinajstić information content (AvgIpc) is 2.97. The van der Waals surface area contributed by atoms with Gasteiger partial charge in [0.15, 0.2) is 17.1 Å². The van der Waals surface area contributed by atoms with Gasteiger partial charge in [0, 0.05) is 16.7 Å². The summed E-state index contributed by atoms with van der Waals surface area (Å²) in [6.07, 6.45) is 4.35. The van der Waals surface area contributed by atoms with Gasteiger partial charge >= 0.3 is 0 Å². The van der Waals surface area contributed by atoms with Crippen molar-refractivity contribution in [2.75, 3.05) is 14.2 Å². The molecule has 0 spiro atoms. The van der Waals surface area contributed by atoms with Crippen LogP contribution >= 0.6 is 0 Å². The van der Waals surface area contributed by atoms with Gasteiger partial charge < -0.3 is 14.2 Å². The Morgan fingerprint density at radius 1 is 0.611 bits per heavy atom. The van der Waals surface area contributed by atoms with E-state index in [1.807, 2.05) is 24.3 Å². The van der Waals surface area contributed by atoms with E-state index in [2.05, 4.69) is 97.1 Å². The molecule has 36 heavy (non-hydrogen) atoms. The first-order valence-electron chi connectivity index (χ1n) is 12.0. The zero-order valence-electron chi connectivity index (χ0n) is 20.3. The van der Waals surface area contributed by atoms with Crippen LogP contribution in [0.4, 0.5) is 0 Å². The molecule has 3 heteroatoms. The average molecular weight is 471 g/mol. The molecule has 0 fully saturated rings. The summed E-state index contributed by atoms with van der Waals surface area (Å²) in [5.74, 6) is 2.21. The maximum atomic E-state index is 7.03. The zero-order valence-corrected chi connectivity index (χ0v) is 20.3. The predicted octanol–water partition coefficient (Wildman–Crippen LogP) is 7.87. The SMILES string of the molecule is COc1cc2c(-c3ccccc3)cc3c(c2cc1OC)C=CC(c1ccccc1)(c1ccccc1)O3. The van der Waals surface area contributed by atoms with Gasteiger partial charge in [0.05, 0.1) is 14.2 Å². The molecule has 1 heterocycles. The molecule has 0 bridgehead atoms. The normalized spacial score (nSPS) is 13.6. The third-order valence-electron chi connectivity index (χ3n) is 6.89. The highest BCUT2D eigenvalue weighted by Gasteiger charge is 2.37. The molecule has 5 aromatic rings. The number of hydrogen-bond donors (Lipinski definition) is 0. The minimum atomic E-state index is -0.742.